The molecular weight excluding hydrogens is 465 g/mol. The topological polar surface area (TPSA) is 108 Å². The molecular formula is C20H21ClFN3O4S2. The molecule has 166 valence electrons. The van der Waals surface area contributed by atoms with Crippen molar-refractivity contribution in [1.82, 2.24) is 4.98 Å². The Bertz CT molecular complexity index is 1130. The van der Waals surface area contributed by atoms with Gasteiger partial charge in [0.1, 0.15) is 10.7 Å². The first-order valence-electron chi connectivity index (χ1n) is 9.05. The van der Waals surface area contributed by atoms with Gasteiger partial charge in [0.15, 0.2) is 5.82 Å². The lowest BCUT2D eigenvalue weighted by Crippen LogP contribution is -2.15. The Kier molecular flexibility index (Phi) is 8.78. The molecule has 2 aromatic carbocycles. The first kappa shape index (κ1) is 24.6. The standard InChI is InChI=1S/C19H19ClFN3O2S2.CH2O2/c1-3-13-5-4-6-14(7-13)12(2)23-17-9-16(21)18(8-15(17)20)28(25,26)24-19-10-27-11-22-19;2-1-3/h4-12,23-24H,3H2,1-2H3;1H,(H,2,3)/t12-;/m0./s1. The number of hydrogen-bond acceptors (Lipinski definition) is 6. The van der Waals surface area contributed by atoms with E-state index >= 15 is 0 Å². The Labute approximate surface area is 189 Å². The summed E-state index contributed by atoms with van der Waals surface area (Å²) in [6.45, 7) is 3.75. The van der Waals surface area contributed by atoms with Crippen LogP contribution in [0.15, 0.2) is 52.2 Å². The fourth-order valence-electron chi connectivity index (χ4n) is 2.70. The Morgan fingerprint density at radius 1 is 1.32 bits per heavy atom. The largest absolute Gasteiger partial charge is 0.483 e. The molecule has 0 spiro atoms. The quantitative estimate of drug-likeness (QED) is 0.398. The van der Waals surface area contributed by atoms with Crippen LogP contribution in [0.1, 0.15) is 31.0 Å². The summed E-state index contributed by atoms with van der Waals surface area (Å²) >= 11 is 7.47. The lowest BCUT2D eigenvalue weighted by atomic mass is 10.0. The average molecular weight is 486 g/mol. The summed E-state index contributed by atoms with van der Waals surface area (Å²) in [5, 5.41) is 11.7. The lowest BCUT2D eigenvalue weighted by molar-refractivity contribution is -0.122. The van der Waals surface area contributed by atoms with Crippen LogP contribution in [-0.4, -0.2) is 25.0 Å². The molecule has 1 atom stereocenters. The summed E-state index contributed by atoms with van der Waals surface area (Å²) in [5.74, 6) is -0.767. The summed E-state index contributed by atoms with van der Waals surface area (Å²) in [6, 6.07) is 10.1. The molecule has 3 aromatic rings. The van der Waals surface area contributed by atoms with Crippen LogP contribution >= 0.6 is 22.9 Å². The molecule has 0 saturated heterocycles. The summed E-state index contributed by atoms with van der Waals surface area (Å²) < 4.78 is 41.7. The van der Waals surface area contributed by atoms with Crippen LogP contribution in [0.4, 0.5) is 15.9 Å². The van der Waals surface area contributed by atoms with E-state index in [0.29, 0.717) is 5.69 Å². The highest BCUT2D eigenvalue weighted by atomic mass is 35.5. The van der Waals surface area contributed by atoms with E-state index in [4.69, 9.17) is 21.5 Å². The third-order valence-electron chi connectivity index (χ3n) is 4.21. The molecule has 0 bridgehead atoms. The zero-order valence-corrected chi connectivity index (χ0v) is 19.1. The normalized spacial score (nSPS) is 11.7. The summed E-state index contributed by atoms with van der Waals surface area (Å²) in [6.07, 6.45) is 0.911. The third kappa shape index (κ3) is 6.65. The maximum absolute atomic E-state index is 14.6. The fourth-order valence-corrected chi connectivity index (χ4v) is 4.63. The van der Waals surface area contributed by atoms with Gasteiger partial charge in [-0.05, 0) is 36.6 Å². The SMILES string of the molecule is CCc1cccc([C@H](C)Nc2cc(F)c(S(=O)(=O)Nc3cscn3)cc2Cl)c1.O=CO. The van der Waals surface area contributed by atoms with Gasteiger partial charge in [-0.1, -0.05) is 42.8 Å². The minimum absolute atomic E-state index is 0.110. The molecule has 1 heterocycles. The van der Waals surface area contributed by atoms with Crippen LogP contribution in [0.25, 0.3) is 0 Å². The number of aromatic nitrogens is 1. The van der Waals surface area contributed by atoms with Crippen LogP contribution in [-0.2, 0) is 21.2 Å². The number of halogens is 2. The van der Waals surface area contributed by atoms with Crippen LogP contribution in [0, 0.1) is 5.82 Å². The van der Waals surface area contributed by atoms with Gasteiger partial charge in [-0.2, -0.15) is 0 Å². The van der Waals surface area contributed by atoms with Gasteiger partial charge in [-0.15, -0.1) is 11.3 Å². The molecule has 0 radical (unpaired) electrons. The van der Waals surface area contributed by atoms with Crippen LogP contribution < -0.4 is 10.0 Å². The molecule has 0 unspecified atom stereocenters. The molecule has 3 N–H and O–H groups in total. The minimum atomic E-state index is -4.14. The molecule has 0 fully saturated rings. The number of carboxylic acid groups (broad SMARTS) is 1. The molecule has 1 aromatic heterocycles. The smallest absolute Gasteiger partial charge is 0.290 e. The highest BCUT2D eigenvalue weighted by Crippen LogP contribution is 2.31. The van der Waals surface area contributed by atoms with E-state index in [9.17, 15) is 12.8 Å². The second kappa shape index (κ2) is 11.1. The molecule has 0 aliphatic heterocycles. The van der Waals surface area contributed by atoms with Crippen molar-refractivity contribution >= 4 is 50.9 Å². The highest BCUT2D eigenvalue weighted by molar-refractivity contribution is 7.92. The highest BCUT2D eigenvalue weighted by Gasteiger charge is 2.22. The monoisotopic (exact) mass is 485 g/mol. The Balaban J connectivity index is 0.00000107. The van der Waals surface area contributed by atoms with Gasteiger partial charge in [-0.3, -0.25) is 9.52 Å². The van der Waals surface area contributed by atoms with Crippen molar-refractivity contribution in [2.24, 2.45) is 0 Å². The first-order chi connectivity index (χ1) is 14.7. The number of anilines is 2. The number of nitrogens with one attached hydrogen (secondary N) is 2. The van der Waals surface area contributed by atoms with E-state index in [0.717, 1.165) is 24.1 Å². The predicted molar refractivity (Wildman–Crippen MR) is 121 cm³/mol. The van der Waals surface area contributed by atoms with E-state index < -0.39 is 20.7 Å². The summed E-state index contributed by atoms with van der Waals surface area (Å²) in [7, 11) is -4.14. The average Bonchev–Trinajstić information content (AvgIpc) is 3.23. The molecule has 31 heavy (non-hydrogen) atoms. The molecule has 3 rings (SSSR count). The second-order valence-corrected chi connectivity index (χ2v) is 9.09. The number of thiazole rings is 1. The number of nitrogens with zero attached hydrogens (tertiary/aromatic N) is 1. The van der Waals surface area contributed by atoms with Crippen molar-refractivity contribution in [2.45, 2.75) is 31.2 Å². The van der Waals surface area contributed by atoms with Crippen molar-refractivity contribution in [3.63, 3.8) is 0 Å². The van der Waals surface area contributed by atoms with Gasteiger partial charge in [-0.25, -0.2) is 17.8 Å². The van der Waals surface area contributed by atoms with E-state index in [1.54, 1.807) is 0 Å². The number of rotatable bonds is 7. The van der Waals surface area contributed by atoms with Crippen molar-refractivity contribution in [3.8, 4) is 0 Å². The van der Waals surface area contributed by atoms with E-state index in [2.05, 4.69) is 28.0 Å². The molecule has 11 heteroatoms. The second-order valence-electron chi connectivity index (χ2n) is 6.31. The van der Waals surface area contributed by atoms with Gasteiger partial charge < -0.3 is 10.4 Å². The van der Waals surface area contributed by atoms with Crippen molar-refractivity contribution < 1.29 is 22.7 Å². The van der Waals surface area contributed by atoms with Gasteiger partial charge in [0.25, 0.3) is 16.5 Å². The number of aryl methyl sites for hydroxylation is 1. The van der Waals surface area contributed by atoms with Gasteiger partial charge in [0, 0.05) is 11.4 Å². The van der Waals surface area contributed by atoms with Crippen molar-refractivity contribution in [1.29, 1.82) is 0 Å². The first-order valence-corrected chi connectivity index (χ1v) is 11.9. The zero-order chi connectivity index (χ0) is 23.0. The number of benzene rings is 2. The Morgan fingerprint density at radius 3 is 2.65 bits per heavy atom. The Morgan fingerprint density at radius 2 is 2.03 bits per heavy atom. The number of carbonyl (C=O) groups is 1. The predicted octanol–water partition coefficient (Wildman–Crippen LogP) is 5.17. The summed E-state index contributed by atoms with van der Waals surface area (Å²) in [5.41, 5.74) is 4.01. The molecule has 7 nitrogen and oxygen atoms in total. The van der Waals surface area contributed by atoms with Crippen molar-refractivity contribution in [2.75, 3.05) is 10.0 Å². The summed E-state index contributed by atoms with van der Waals surface area (Å²) in [4.78, 5) is 11.7. The van der Waals surface area contributed by atoms with E-state index in [1.165, 1.54) is 27.8 Å². The lowest BCUT2D eigenvalue weighted by Gasteiger charge is -2.18. The zero-order valence-electron chi connectivity index (χ0n) is 16.7. The van der Waals surface area contributed by atoms with Gasteiger partial charge in [0.05, 0.1) is 16.2 Å². The van der Waals surface area contributed by atoms with Gasteiger partial charge >= 0.3 is 0 Å². The molecule has 0 saturated carbocycles. The minimum Gasteiger partial charge on any atom is -0.483 e. The Hall–Kier alpha value is -2.69. The van der Waals surface area contributed by atoms with Gasteiger partial charge in [0.2, 0.25) is 0 Å². The van der Waals surface area contributed by atoms with Crippen LogP contribution in [0.2, 0.25) is 5.02 Å². The van der Waals surface area contributed by atoms with Crippen LogP contribution in [0.3, 0.4) is 0 Å². The maximum atomic E-state index is 14.6. The molecule has 0 aliphatic rings. The number of sulfonamides is 1. The number of hydrogen-bond donors (Lipinski definition) is 3. The van der Waals surface area contributed by atoms with Crippen molar-refractivity contribution in [3.05, 3.63) is 69.3 Å². The third-order valence-corrected chi connectivity index (χ3v) is 6.48. The fraction of sp³-hybridized carbons (Fsp3) is 0.200. The molecule has 0 aliphatic carbocycles. The van der Waals surface area contributed by atoms with E-state index in [-0.39, 0.29) is 23.4 Å². The maximum Gasteiger partial charge on any atom is 0.290 e. The molecule has 0 amide bonds. The van der Waals surface area contributed by atoms with Crippen LogP contribution in [0.5, 0.6) is 0 Å². The van der Waals surface area contributed by atoms with E-state index in [1.807, 2.05) is 25.1 Å².